The molecule has 0 bridgehead atoms. The predicted molar refractivity (Wildman–Crippen MR) is 70.9 cm³/mol. The number of nitrogens with one attached hydrogen (secondary N) is 1. The van der Waals surface area contributed by atoms with Crippen LogP contribution in [0, 0.1) is 0 Å². The Balaban J connectivity index is 2.09. The molecule has 0 radical (unpaired) electrons. The summed E-state index contributed by atoms with van der Waals surface area (Å²) in [6.45, 7) is 0. The predicted octanol–water partition coefficient (Wildman–Crippen LogP) is 1.22. The highest BCUT2D eigenvalue weighted by molar-refractivity contribution is 6.04. The van der Waals surface area contributed by atoms with E-state index >= 15 is 0 Å². The number of hydrogen-bond donors (Lipinski definition) is 2. The lowest BCUT2D eigenvalue weighted by Gasteiger charge is -2.03. The average Bonchev–Trinajstić information content (AvgIpc) is 2.46. The highest BCUT2D eigenvalue weighted by Gasteiger charge is 2.13. The molecule has 0 fully saturated rings. The fraction of sp³-hybridized carbons (Fsp3) is 0. The van der Waals surface area contributed by atoms with Crippen molar-refractivity contribution in [1.82, 2.24) is 15.0 Å². The molecule has 7 heteroatoms. The van der Waals surface area contributed by atoms with Gasteiger partial charge in [0.15, 0.2) is 11.5 Å². The smallest absolute Gasteiger partial charge is 0.358 e. The van der Waals surface area contributed by atoms with Crippen LogP contribution in [0.3, 0.4) is 0 Å². The lowest BCUT2D eigenvalue weighted by Crippen LogP contribution is -2.14. The van der Waals surface area contributed by atoms with Gasteiger partial charge in [-0.05, 0) is 17.7 Å². The van der Waals surface area contributed by atoms with Crippen molar-refractivity contribution in [3.8, 4) is 0 Å². The van der Waals surface area contributed by atoms with Crippen molar-refractivity contribution in [2.45, 2.75) is 0 Å². The van der Waals surface area contributed by atoms with Gasteiger partial charge in [-0.25, -0.2) is 14.8 Å². The van der Waals surface area contributed by atoms with E-state index in [-0.39, 0.29) is 11.5 Å². The largest absolute Gasteiger partial charge is 0.476 e. The number of pyridine rings is 1. The van der Waals surface area contributed by atoms with Crippen LogP contribution in [0.4, 0.5) is 5.82 Å². The molecule has 0 saturated heterocycles. The number of anilines is 1. The van der Waals surface area contributed by atoms with Crippen molar-refractivity contribution in [1.29, 1.82) is 0 Å². The summed E-state index contributed by atoms with van der Waals surface area (Å²) in [4.78, 5) is 33.9. The van der Waals surface area contributed by atoms with Gasteiger partial charge >= 0.3 is 5.97 Å². The summed E-state index contributed by atoms with van der Waals surface area (Å²) in [7, 11) is 0. The van der Waals surface area contributed by atoms with Gasteiger partial charge in [-0.2, -0.15) is 0 Å². The zero-order valence-corrected chi connectivity index (χ0v) is 10.2. The van der Waals surface area contributed by atoms with Gasteiger partial charge in [-0.1, -0.05) is 6.07 Å². The lowest BCUT2D eigenvalue weighted by atomic mass is 10.2. The van der Waals surface area contributed by atoms with Crippen LogP contribution in [0.2, 0.25) is 0 Å². The number of hydrogen-bond acceptors (Lipinski definition) is 5. The molecule has 2 N–H and O–H groups in total. The van der Waals surface area contributed by atoms with Crippen molar-refractivity contribution in [2.24, 2.45) is 0 Å². The first-order valence-electron chi connectivity index (χ1n) is 5.60. The summed E-state index contributed by atoms with van der Waals surface area (Å²) in [6.07, 6.45) is 8.57. The normalized spacial score (nSPS) is 10.4. The van der Waals surface area contributed by atoms with Crippen molar-refractivity contribution in [3.63, 3.8) is 0 Å². The molecule has 2 heterocycles. The van der Waals surface area contributed by atoms with Crippen LogP contribution >= 0.6 is 0 Å². The van der Waals surface area contributed by atoms with E-state index in [1.165, 1.54) is 18.5 Å². The molecular formula is C13H10N4O3. The average molecular weight is 270 g/mol. The van der Waals surface area contributed by atoms with E-state index in [0.29, 0.717) is 0 Å². The minimum atomic E-state index is -1.26. The summed E-state index contributed by atoms with van der Waals surface area (Å²) >= 11 is 0. The van der Waals surface area contributed by atoms with Crippen LogP contribution in [-0.4, -0.2) is 31.9 Å². The number of aromatic carboxylic acids is 1. The Bertz CT molecular complexity index is 656. The molecule has 2 aromatic heterocycles. The van der Waals surface area contributed by atoms with E-state index in [4.69, 9.17) is 5.11 Å². The van der Waals surface area contributed by atoms with E-state index in [1.807, 2.05) is 0 Å². The Morgan fingerprint density at radius 3 is 2.70 bits per heavy atom. The first-order chi connectivity index (χ1) is 9.66. The van der Waals surface area contributed by atoms with Crippen LogP contribution in [0.5, 0.6) is 0 Å². The third-order valence-corrected chi connectivity index (χ3v) is 2.25. The van der Waals surface area contributed by atoms with Gasteiger partial charge < -0.3 is 10.4 Å². The maximum absolute atomic E-state index is 11.7. The van der Waals surface area contributed by atoms with E-state index in [9.17, 15) is 9.59 Å². The Morgan fingerprint density at radius 2 is 2.00 bits per heavy atom. The lowest BCUT2D eigenvalue weighted by molar-refractivity contribution is -0.111. The molecular weight excluding hydrogens is 260 g/mol. The Labute approximate surface area is 114 Å². The van der Waals surface area contributed by atoms with Gasteiger partial charge in [0.25, 0.3) is 0 Å². The zero-order chi connectivity index (χ0) is 14.4. The minimum absolute atomic E-state index is 0.0964. The topological polar surface area (TPSA) is 105 Å². The highest BCUT2D eigenvalue weighted by Crippen LogP contribution is 2.08. The molecule has 100 valence electrons. The summed E-state index contributed by atoms with van der Waals surface area (Å²) in [5.41, 5.74) is 0.441. The van der Waals surface area contributed by atoms with Crippen LogP contribution in [0.1, 0.15) is 16.1 Å². The molecule has 0 unspecified atom stereocenters. The number of aromatic nitrogens is 3. The Hall–Kier alpha value is -3.09. The van der Waals surface area contributed by atoms with E-state index < -0.39 is 11.9 Å². The number of nitrogens with zero attached hydrogens (tertiary/aromatic N) is 3. The monoisotopic (exact) mass is 270 g/mol. The fourth-order valence-electron chi connectivity index (χ4n) is 1.39. The summed E-state index contributed by atoms with van der Waals surface area (Å²) < 4.78 is 0. The zero-order valence-electron chi connectivity index (χ0n) is 10.2. The van der Waals surface area contributed by atoms with E-state index in [2.05, 4.69) is 20.3 Å². The third-order valence-electron chi connectivity index (χ3n) is 2.25. The van der Waals surface area contributed by atoms with Crippen LogP contribution in [0.25, 0.3) is 6.08 Å². The van der Waals surface area contributed by atoms with Crippen molar-refractivity contribution < 1.29 is 14.7 Å². The van der Waals surface area contributed by atoms with Gasteiger partial charge in [0.2, 0.25) is 5.91 Å². The Kier molecular flexibility index (Phi) is 4.13. The third kappa shape index (κ3) is 3.45. The molecule has 0 aliphatic rings. The summed E-state index contributed by atoms with van der Waals surface area (Å²) in [6, 6.07) is 3.52. The number of rotatable bonds is 4. The van der Waals surface area contributed by atoms with E-state index in [0.717, 1.165) is 5.56 Å². The van der Waals surface area contributed by atoms with Gasteiger partial charge in [0.1, 0.15) is 0 Å². The van der Waals surface area contributed by atoms with Crippen molar-refractivity contribution in [3.05, 3.63) is 54.3 Å². The molecule has 20 heavy (non-hydrogen) atoms. The van der Waals surface area contributed by atoms with Crippen LogP contribution in [-0.2, 0) is 4.79 Å². The first-order valence-corrected chi connectivity index (χ1v) is 5.60. The molecule has 0 spiro atoms. The molecule has 0 aliphatic heterocycles. The SMILES string of the molecule is O=C(C=Cc1cccnc1)Nc1nccnc1C(=O)O. The van der Waals surface area contributed by atoms with Gasteiger partial charge in [0, 0.05) is 30.9 Å². The van der Waals surface area contributed by atoms with E-state index in [1.54, 1.807) is 30.6 Å². The number of amides is 1. The molecule has 0 aromatic carbocycles. The van der Waals surface area contributed by atoms with Crippen molar-refractivity contribution in [2.75, 3.05) is 5.32 Å². The number of carbonyl (C=O) groups excluding carboxylic acids is 1. The van der Waals surface area contributed by atoms with Crippen LogP contribution in [0.15, 0.2) is 43.0 Å². The quantitative estimate of drug-likeness (QED) is 0.809. The summed E-state index contributed by atoms with van der Waals surface area (Å²) in [5, 5.41) is 11.3. The summed E-state index contributed by atoms with van der Waals surface area (Å²) in [5.74, 6) is -1.86. The number of carboxylic acids is 1. The first kappa shape index (κ1) is 13.3. The molecule has 2 aromatic rings. The molecule has 1 amide bonds. The number of carbonyl (C=O) groups is 2. The Morgan fingerprint density at radius 1 is 1.20 bits per heavy atom. The molecule has 0 aliphatic carbocycles. The number of carboxylic acid groups (broad SMARTS) is 1. The standard InChI is InChI=1S/C13H10N4O3/c18-10(4-3-9-2-1-5-14-8-9)17-12-11(13(19)20)15-6-7-16-12/h1-8H,(H,19,20)(H,16,17,18). The minimum Gasteiger partial charge on any atom is -0.476 e. The van der Waals surface area contributed by atoms with Crippen molar-refractivity contribution >= 4 is 23.8 Å². The molecule has 2 rings (SSSR count). The highest BCUT2D eigenvalue weighted by atomic mass is 16.4. The van der Waals surface area contributed by atoms with Gasteiger partial charge in [-0.15, -0.1) is 0 Å². The maximum Gasteiger partial charge on any atom is 0.358 e. The van der Waals surface area contributed by atoms with Gasteiger partial charge in [-0.3, -0.25) is 9.78 Å². The molecule has 7 nitrogen and oxygen atoms in total. The second kappa shape index (κ2) is 6.19. The molecule has 0 atom stereocenters. The second-order valence-electron chi connectivity index (χ2n) is 3.67. The maximum atomic E-state index is 11.7. The fourth-order valence-corrected chi connectivity index (χ4v) is 1.39. The molecule has 0 saturated carbocycles. The van der Waals surface area contributed by atoms with Gasteiger partial charge in [0.05, 0.1) is 0 Å². The van der Waals surface area contributed by atoms with Crippen LogP contribution < -0.4 is 5.32 Å². The second-order valence-corrected chi connectivity index (χ2v) is 3.67.